The van der Waals surface area contributed by atoms with Gasteiger partial charge in [-0.3, -0.25) is 4.79 Å². The molecule has 3 rings (SSSR count). The van der Waals surface area contributed by atoms with Gasteiger partial charge in [-0.15, -0.1) is 0 Å². The van der Waals surface area contributed by atoms with Crippen LogP contribution in [0.1, 0.15) is 12.0 Å². The monoisotopic (exact) mass is 216 g/mol. The molecular formula is C12H12N2O2. The van der Waals surface area contributed by atoms with Gasteiger partial charge in [-0.1, -0.05) is 12.1 Å². The summed E-state index contributed by atoms with van der Waals surface area (Å²) in [4.78, 5) is 11.9. The first-order valence-electron chi connectivity index (χ1n) is 5.33. The van der Waals surface area contributed by atoms with Crippen molar-refractivity contribution < 1.29 is 5.11 Å². The Kier molecular flexibility index (Phi) is 1.74. The highest BCUT2D eigenvalue weighted by Crippen LogP contribution is 2.32. The van der Waals surface area contributed by atoms with Crippen LogP contribution in [0.5, 0.6) is 5.75 Å². The predicted octanol–water partition coefficient (Wildman–Crippen LogP) is 1.24. The number of pyridine rings is 1. The maximum Gasteiger partial charge on any atom is 0.278 e. The van der Waals surface area contributed by atoms with Crippen molar-refractivity contribution in [3.8, 4) is 5.75 Å². The molecule has 4 nitrogen and oxygen atoms in total. The highest BCUT2D eigenvalue weighted by atomic mass is 16.3. The second-order valence-corrected chi connectivity index (χ2v) is 4.14. The third kappa shape index (κ3) is 1.01. The number of aryl methyl sites for hydroxylation is 2. The SMILES string of the molecule is Nc1c(O)c2cccc3c2n(c1=O)CCC3. The molecular weight excluding hydrogens is 204 g/mol. The molecule has 82 valence electrons. The lowest BCUT2D eigenvalue weighted by Gasteiger charge is -2.20. The Labute approximate surface area is 91.9 Å². The highest BCUT2D eigenvalue weighted by molar-refractivity contribution is 5.92. The Morgan fingerprint density at radius 1 is 1.38 bits per heavy atom. The molecule has 0 radical (unpaired) electrons. The summed E-state index contributed by atoms with van der Waals surface area (Å²) < 4.78 is 1.67. The zero-order chi connectivity index (χ0) is 11.3. The van der Waals surface area contributed by atoms with Crippen LogP contribution in [0.4, 0.5) is 5.69 Å². The van der Waals surface area contributed by atoms with Gasteiger partial charge in [-0.25, -0.2) is 0 Å². The van der Waals surface area contributed by atoms with E-state index in [4.69, 9.17) is 5.73 Å². The number of anilines is 1. The Balaban J connectivity index is 2.62. The number of rotatable bonds is 0. The summed E-state index contributed by atoms with van der Waals surface area (Å²) in [6.07, 6.45) is 1.89. The van der Waals surface area contributed by atoms with Crippen molar-refractivity contribution in [1.29, 1.82) is 0 Å². The van der Waals surface area contributed by atoms with E-state index in [1.807, 2.05) is 12.1 Å². The lowest BCUT2D eigenvalue weighted by atomic mass is 10.0. The van der Waals surface area contributed by atoms with Crippen molar-refractivity contribution in [3.05, 3.63) is 34.1 Å². The van der Waals surface area contributed by atoms with Crippen LogP contribution in [0.2, 0.25) is 0 Å². The van der Waals surface area contributed by atoms with E-state index in [1.54, 1.807) is 10.6 Å². The van der Waals surface area contributed by atoms with Gasteiger partial charge in [-0.2, -0.15) is 0 Å². The van der Waals surface area contributed by atoms with Crippen LogP contribution in [-0.2, 0) is 13.0 Å². The van der Waals surface area contributed by atoms with Crippen molar-refractivity contribution in [1.82, 2.24) is 4.57 Å². The minimum Gasteiger partial charge on any atom is -0.505 e. The first kappa shape index (κ1) is 9.27. The second kappa shape index (κ2) is 3.01. The molecule has 1 aromatic heterocycles. The number of hydrogen-bond acceptors (Lipinski definition) is 3. The van der Waals surface area contributed by atoms with Crippen LogP contribution in [0, 0.1) is 0 Å². The average Bonchev–Trinajstić information content (AvgIpc) is 2.33. The number of aromatic nitrogens is 1. The largest absolute Gasteiger partial charge is 0.505 e. The molecule has 1 aliphatic heterocycles. The van der Waals surface area contributed by atoms with Crippen LogP contribution in [0.15, 0.2) is 23.0 Å². The van der Waals surface area contributed by atoms with Gasteiger partial charge in [0.15, 0.2) is 5.75 Å². The first-order chi connectivity index (χ1) is 7.70. The standard InChI is InChI=1S/C12H12N2O2/c13-9-11(15)8-5-1-3-7-4-2-6-14(10(7)8)12(9)16/h1,3,5,15H,2,4,6,13H2. The summed E-state index contributed by atoms with van der Waals surface area (Å²) in [7, 11) is 0. The summed E-state index contributed by atoms with van der Waals surface area (Å²) in [6.45, 7) is 0.677. The van der Waals surface area contributed by atoms with Gasteiger partial charge in [0, 0.05) is 11.9 Å². The van der Waals surface area contributed by atoms with E-state index in [-0.39, 0.29) is 17.0 Å². The van der Waals surface area contributed by atoms with E-state index in [0.29, 0.717) is 11.9 Å². The summed E-state index contributed by atoms with van der Waals surface area (Å²) in [5, 5.41) is 10.5. The third-order valence-corrected chi connectivity index (χ3v) is 3.20. The van der Waals surface area contributed by atoms with Crippen LogP contribution in [0.3, 0.4) is 0 Å². The second-order valence-electron chi connectivity index (χ2n) is 4.14. The van der Waals surface area contributed by atoms with Crippen LogP contribution < -0.4 is 11.3 Å². The fraction of sp³-hybridized carbons (Fsp3) is 0.250. The fourth-order valence-corrected chi connectivity index (χ4v) is 2.44. The van der Waals surface area contributed by atoms with Crippen molar-refractivity contribution in [2.45, 2.75) is 19.4 Å². The molecule has 0 aliphatic carbocycles. The minimum absolute atomic E-state index is 0.0495. The van der Waals surface area contributed by atoms with Crippen LogP contribution in [0.25, 0.3) is 10.9 Å². The smallest absolute Gasteiger partial charge is 0.278 e. The molecule has 0 saturated carbocycles. The lowest BCUT2D eigenvalue weighted by molar-refractivity contribution is 0.480. The molecule has 2 heterocycles. The average molecular weight is 216 g/mol. The zero-order valence-electron chi connectivity index (χ0n) is 8.73. The van der Waals surface area contributed by atoms with Gasteiger partial charge in [0.2, 0.25) is 0 Å². The molecule has 16 heavy (non-hydrogen) atoms. The molecule has 1 aliphatic rings. The number of nitrogen functional groups attached to an aromatic ring is 1. The maximum absolute atomic E-state index is 11.9. The van der Waals surface area contributed by atoms with Crippen molar-refractivity contribution in [3.63, 3.8) is 0 Å². The Bertz CT molecular complexity index is 643. The molecule has 0 amide bonds. The van der Waals surface area contributed by atoms with Crippen molar-refractivity contribution in [2.75, 3.05) is 5.73 Å². The third-order valence-electron chi connectivity index (χ3n) is 3.20. The summed E-state index contributed by atoms with van der Waals surface area (Å²) in [6, 6.07) is 5.68. The fourth-order valence-electron chi connectivity index (χ4n) is 2.44. The normalized spacial score (nSPS) is 14.2. The number of benzene rings is 1. The van der Waals surface area contributed by atoms with Gasteiger partial charge in [0.05, 0.1) is 5.52 Å². The number of nitrogens with two attached hydrogens (primary N) is 1. The zero-order valence-corrected chi connectivity index (χ0v) is 8.73. The number of nitrogens with zero attached hydrogens (tertiary/aromatic N) is 1. The molecule has 0 bridgehead atoms. The van der Waals surface area contributed by atoms with E-state index < -0.39 is 0 Å². The van der Waals surface area contributed by atoms with Gasteiger partial charge < -0.3 is 15.4 Å². The molecule has 0 unspecified atom stereocenters. The van der Waals surface area contributed by atoms with E-state index in [9.17, 15) is 9.90 Å². The molecule has 0 saturated heterocycles. The maximum atomic E-state index is 11.9. The summed E-state index contributed by atoms with van der Waals surface area (Å²) in [5.74, 6) is -0.0833. The molecule has 2 aromatic rings. The first-order valence-corrected chi connectivity index (χ1v) is 5.33. The Hall–Kier alpha value is -1.97. The van der Waals surface area contributed by atoms with Crippen molar-refractivity contribution in [2.24, 2.45) is 0 Å². The van der Waals surface area contributed by atoms with Crippen molar-refractivity contribution >= 4 is 16.6 Å². The van der Waals surface area contributed by atoms with Crippen LogP contribution >= 0.6 is 0 Å². The Morgan fingerprint density at radius 3 is 3.00 bits per heavy atom. The molecule has 1 aromatic carbocycles. The molecule has 0 atom stereocenters. The minimum atomic E-state index is -0.280. The predicted molar refractivity (Wildman–Crippen MR) is 62.6 cm³/mol. The molecule has 3 N–H and O–H groups in total. The molecule has 0 fully saturated rings. The topological polar surface area (TPSA) is 68.2 Å². The van der Waals surface area contributed by atoms with Crippen LogP contribution in [-0.4, -0.2) is 9.67 Å². The number of para-hydroxylation sites is 1. The summed E-state index contributed by atoms with van der Waals surface area (Å²) in [5.41, 5.74) is 7.23. The molecule has 4 heteroatoms. The van der Waals surface area contributed by atoms with Gasteiger partial charge >= 0.3 is 0 Å². The quantitative estimate of drug-likeness (QED) is 0.696. The van der Waals surface area contributed by atoms with E-state index >= 15 is 0 Å². The number of hydrogen-bond donors (Lipinski definition) is 2. The summed E-state index contributed by atoms with van der Waals surface area (Å²) >= 11 is 0. The lowest BCUT2D eigenvalue weighted by Crippen LogP contribution is -2.26. The van der Waals surface area contributed by atoms with E-state index in [2.05, 4.69) is 0 Å². The number of aromatic hydroxyl groups is 1. The van der Waals surface area contributed by atoms with E-state index in [0.717, 1.165) is 23.9 Å². The van der Waals surface area contributed by atoms with Gasteiger partial charge in [-0.05, 0) is 24.5 Å². The van der Waals surface area contributed by atoms with Gasteiger partial charge in [0.25, 0.3) is 5.56 Å². The van der Waals surface area contributed by atoms with Gasteiger partial charge in [0.1, 0.15) is 5.69 Å². The Morgan fingerprint density at radius 2 is 2.19 bits per heavy atom. The highest BCUT2D eigenvalue weighted by Gasteiger charge is 2.18. The van der Waals surface area contributed by atoms with E-state index in [1.165, 1.54) is 0 Å². The molecule has 0 spiro atoms.